The molecule has 0 spiro atoms. The number of anilines is 1. The second kappa shape index (κ2) is 9.00. The molecule has 0 bridgehead atoms. The van der Waals surface area contributed by atoms with Gasteiger partial charge in [0.25, 0.3) is 11.6 Å². The summed E-state index contributed by atoms with van der Waals surface area (Å²) >= 11 is 0. The van der Waals surface area contributed by atoms with E-state index in [2.05, 4.69) is 5.32 Å². The first-order valence-corrected chi connectivity index (χ1v) is 8.14. The standard InChI is InChI=1S/C19H15F3N2O5/c1-12-4-2-7-15(24(27)28)18(12)23-16(25)11-29-17(26)9-8-13-5-3-6-14(10-13)19(20,21)22/h2-10H,11H2,1H3,(H,23,25)/b9-8+. The lowest BCUT2D eigenvalue weighted by Crippen LogP contribution is -2.21. The average Bonchev–Trinajstić information content (AvgIpc) is 2.65. The number of aryl methyl sites for hydroxylation is 1. The number of alkyl halides is 3. The predicted octanol–water partition coefficient (Wildman–Crippen LogP) is 4.12. The lowest BCUT2D eigenvalue weighted by Gasteiger charge is -2.09. The van der Waals surface area contributed by atoms with Crippen LogP contribution in [0, 0.1) is 17.0 Å². The first kappa shape index (κ1) is 21.6. The maximum atomic E-state index is 12.7. The van der Waals surface area contributed by atoms with Gasteiger partial charge < -0.3 is 10.1 Å². The number of nitro benzene ring substituents is 1. The molecule has 1 amide bonds. The molecule has 0 atom stereocenters. The molecule has 0 unspecified atom stereocenters. The monoisotopic (exact) mass is 408 g/mol. The van der Waals surface area contributed by atoms with Crippen molar-refractivity contribution in [3.8, 4) is 0 Å². The number of amides is 1. The van der Waals surface area contributed by atoms with Gasteiger partial charge in [0.1, 0.15) is 5.69 Å². The van der Waals surface area contributed by atoms with E-state index in [1.807, 2.05) is 0 Å². The highest BCUT2D eigenvalue weighted by atomic mass is 19.4. The molecule has 0 aliphatic carbocycles. The van der Waals surface area contributed by atoms with Gasteiger partial charge in [0.05, 0.1) is 10.5 Å². The molecule has 29 heavy (non-hydrogen) atoms. The molecule has 152 valence electrons. The third-order valence-electron chi connectivity index (χ3n) is 3.68. The van der Waals surface area contributed by atoms with Crippen LogP contribution < -0.4 is 5.32 Å². The normalized spacial score (nSPS) is 11.3. The Morgan fingerprint density at radius 1 is 1.21 bits per heavy atom. The maximum absolute atomic E-state index is 12.7. The molecule has 0 aromatic heterocycles. The Bertz CT molecular complexity index is 971. The molecule has 2 rings (SSSR count). The fourth-order valence-corrected chi connectivity index (χ4v) is 2.31. The zero-order valence-corrected chi connectivity index (χ0v) is 15.0. The summed E-state index contributed by atoms with van der Waals surface area (Å²) in [5.41, 5.74) is -0.625. The van der Waals surface area contributed by atoms with Crippen molar-refractivity contribution in [3.05, 3.63) is 75.3 Å². The molecule has 0 saturated heterocycles. The molecule has 7 nitrogen and oxygen atoms in total. The highest BCUT2D eigenvalue weighted by molar-refractivity contribution is 5.96. The molecule has 0 fully saturated rings. The topological polar surface area (TPSA) is 98.5 Å². The van der Waals surface area contributed by atoms with E-state index >= 15 is 0 Å². The van der Waals surface area contributed by atoms with Crippen molar-refractivity contribution in [2.45, 2.75) is 13.1 Å². The quantitative estimate of drug-likeness (QED) is 0.336. The number of benzene rings is 2. The number of ether oxygens (including phenoxy) is 1. The van der Waals surface area contributed by atoms with Gasteiger partial charge in [0.15, 0.2) is 6.61 Å². The number of rotatable bonds is 6. The SMILES string of the molecule is Cc1cccc([N+](=O)[O-])c1NC(=O)COC(=O)/C=C/c1cccc(C(F)(F)F)c1. The van der Waals surface area contributed by atoms with E-state index in [1.165, 1.54) is 24.3 Å². The van der Waals surface area contributed by atoms with Crippen molar-refractivity contribution in [1.29, 1.82) is 0 Å². The minimum Gasteiger partial charge on any atom is -0.452 e. The number of esters is 1. The summed E-state index contributed by atoms with van der Waals surface area (Å²) in [5, 5.41) is 13.3. The van der Waals surface area contributed by atoms with Crippen molar-refractivity contribution < 1.29 is 32.4 Å². The van der Waals surface area contributed by atoms with Crippen LogP contribution >= 0.6 is 0 Å². The fraction of sp³-hybridized carbons (Fsp3) is 0.158. The Balaban J connectivity index is 1.96. The number of nitrogens with one attached hydrogen (secondary N) is 1. The largest absolute Gasteiger partial charge is 0.452 e. The summed E-state index contributed by atoms with van der Waals surface area (Å²) in [6.45, 7) is 0.837. The maximum Gasteiger partial charge on any atom is 0.416 e. The van der Waals surface area contributed by atoms with E-state index in [0.717, 1.165) is 24.3 Å². The van der Waals surface area contributed by atoms with Crippen LogP contribution in [-0.4, -0.2) is 23.4 Å². The highest BCUT2D eigenvalue weighted by Gasteiger charge is 2.30. The summed E-state index contributed by atoms with van der Waals surface area (Å²) in [7, 11) is 0. The van der Waals surface area contributed by atoms with Crippen LogP contribution in [0.5, 0.6) is 0 Å². The summed E-state index contributed by atoms with van der Waals surface area (Å²) in [4.78, 5) is 33.9. The van der Waals surface area contributed by atoms with Crippen LogP contribution in [-0.2, 0) is 20.5 Å². The van der Waals surface area contributed by atoms with E-state index in [1.54, 1.807) is 13.0 Å². The second-order valence-electron chi connectivity index (χ2n) is 5.84. The van der Waals surface area contributed by atoms with Gasteiger partial charge in [-0.3, -0.25) is 14.9 Å². The molecule has 0 aliphatic heterocycles. The van der Waals surface area contributed by atoms with Gasteiger partial charge in [-0.2, -0.15) is 13.2 Å². The van der Waals surface area contributed by atoms with Crippen LogP contribution in [0.25, 0.3) is 6.08 Å². The van der Waals surface area contributed by atoms with Gasteiger partial charge in [-0.05, 0) is 36.3 Å². The van der Waals surface area contributed by atoms with Crippen molar-refractivity contribution >= 4 is 29.3 Å². The Morgan fingerprint density at radius 2 is 1.90 bits per heavy atom. The van der Waals surface area contributed by atoms with Crippen molar-refractivity contribution in [3.63, 3.8) is 0 Å². The number of carbonyl (C=O) groups is 2. The summed E-state index contributed by atoms with van der Waals surface area (Å²) in [6.07, 6.45) is -2.53. The van der Waals surface area contributed by atoms with Crippen LogP contribution in [0.15, 0.2) is 48.5 Å². The number of halogens is 3. The summed E-state index contributed by atoms with van der Waals surface area (Å²) in [5.74, 6) is -1.76. The lowest BCUT2D eigenvalue weighted by atomic mass is 10.1. The van der Waals surface area contributed by atoms with Crippen molar-refractivity contribution in [2.24, 2.45) is 0 Å². The molecular weight excluding hydrogens is 393 g/mol. The third-order valence-corrected chi connectivity index (χ3v) is 3.68. The number of hydrogen-bond donors (Lipinski definition) is 1. The van der Waals surface area contributed by atoms with Crippen molar-refractivity contribution in [1.82, 2.24) is 0 Å². The van der Waals surface area contributed by atoms with E-state index in [-0.39, 0.29) is 16.9 Å². The van der Waals surface area contributed by atoms with Gasteiger partial charge >= 0.3 is 12.1 Å². The van der Waals surface area contributed by atoms with Gasteiger partial charge in [0.2, 0.25) is 0 Å². The third kappa shape index (κ3) is 6.16. The Hall–Kier alpha value is -3.69. The van der Waals surface area contributed by atoms with E-state index in [4.69, 9.17) is 4.74 Å². The highest BCUT2D eigenvalue weighted by Crippen LogP contribution is 2.30. The summed E-state index contributed by atoms with van der Waals surface area (Å²) < 4.78 is 42.7. The fourth-order valence-electron chi connectivity index (χ4n) is 2.31. The summed E-state index contributed by atoms with van der Waals surface area (Å²) in [6, 6.07) is 8.54. The van der Waals surface area contributed by atoms with Crippen LogP contribution in [0.3, 0.4) is 0 Å². The average molecular weight is 408 g/mol. The lowest BCUT2D eigenvalue weighted by molar-refractivity contribution is -0.384. The minimum absolute atomic E-state index is 0.0157. The molecule has 2 aromatic rings. The van der Waals surface area contributed by atoms with E-state index in [0.29, 0.717) is 5.56 Å². The Labute approximate surface area is 162 Å². The minimum atomic E-state index is -4.51. The number of hydrogen-bond acceptors (Lipinski definition) is 5. The molecule has 0 saturated carbocycles. The zero-order chi connectivity index (χ0) is 21.6. The smallest absolute Gasteiger partial charge is 0.416 e. The Kier molecular flexibility index (Phi) is 6.71. The van der Waals surface area contributed by atoms with Crippen molar-refractivity contribution in [2.75, 3.05) is 11.9 Å². The Morgan fingerprint density at radius 3 is 2.55 bits per heavy atom. The molecular formula is C19H15F3N2O5. The van der Waals surface area contributed by atoms with E-state index < -0.39 is 35.1 Å². The number of para-hydroxylation sites is 1. The molecule has 0 aliphatic rings. The van der Waals surface area contributed by atoms with Crippen LogP contribution in [0.4, 0.5) is 24.5 Å². The number of nitrogens with zero attached hydrogens (tertiary/aromatic N) is 1. The number of nitro groups is 1. The van der Waals surface area contributed by atoms with Gasteiger partial charge in [-0.25, -0.2) is 4.79 Å². The molecule has 0 radical (unpaired) electrons. The predicted molar refractivity (Wildman–Crippen MR) is 97.9 cm³/mol. The van der Waals surface area contributed by atoms with Gasteiger partial charge in [-0.15, -0.1) is 0 Å². The zero-order valence-electron chi connectivity index (χ0n) is 15.0. The first-order chi connectivity index (χ1) is 13.6. The van der Waals surface area contributed by atoms with Gasteiger partial charge in [-0.1, -0.05) is 24.3 Å². The first-order valence-electron chi connectivity index (χ1n) is 8.14. The van der Waals surface area contributed by atoms with Crippen LogP contribution in [0.1, 0.15) is 16.7 Å². The molecule has 1 N–H and O–H groups in total. The second-order valence-corrected chi connectivity index (χ2v) is 5.84. The number of carbonyl (C=O) groups excluding carboxylic acids is 2. The van der Waals surface area contributed by atoms with E-state index in [9.17, 15) is 32.9 Å². The molecule has 2 aromatic carbocycles. The van der Waals surface area contributed by atoms with Crippen LogP contribution in [0.2, 0.25) is 0 Å². The van der Waals surface area contributed by atoms with Gasteiger partial charge in [0, 0.05) is 12.1 Å². The molecule has 0 heterocycles. The molecule has 10 heteroatoms.